The summed E-state index contributed by atoms with van der Waals surface area (Å²) in [4.78, 5) is 31.8. The molecule has 2 aromatic carbocycles. The fraction of sp³-hybridized carbons (Fsp3) is 0.333. The van der Waals surface area contributed by atoms with Crippen molar-refractivity contribution >= 4 is 23.2 Å². The minimum atomic E-state index is -0.167. The van der Waals surface area contributed by atoms with Crippen molar-refractivity contribution in [3.05, 3.63) is 82.0 Å². The van der Waals surface area contributed by atoms with E-state index in [2.05, 4.69) is 11.4 Å². The van der Waals surface area contributed by atoms with Gasteiger partial charge in [0.1, 0.15) is 24.7 Å². The van der Waals surface area contributed by atoms with Gasteiger partial charge in [-0.15, -0.1) is 11.3 Å². The van der Waals surface area contributed by atoms with Crippen molar-refractivity contribution in [2.24, 2.45) is 0 Å². The molecule has 1 aromatic heterocycles. The lowest BCUT2D eigenvalue weighted by molar-refractivity contribution is -0.135. The van der Waals surface area contributed by atoms with Gasteiger partial charge >= 0.3 is 0 Å². The number of rotatable bonds is 8. The Morgan fingerprint density at radius 2 is 1.79 bits per heavy atom. The minimum Gasteiger partial charge on any atom is -0.497 e. The van der Waals surface area contributed by atoms with E-state index in [1.54, 1.807) is 47.6 Å². The van der Waals surface area contributed by atoms with Crippen LogP contribution in [0.1, 0.15) is 39.7 Å². The van der Waals surface area contributed by atoms with Crippen LogP contribution in [-0.4, -0.2) is 54.5 Å². The van der Waals surface area contributed by atoms with Crippen LogP contribution in [0, 0.1) is 0 Å². The summed E-state index contributed by atoms with van der Waals surface area (Å²) >= 11 is 1.73. The van der Waals surface area contributed by atoms with Gasteiger partial charge in [0.2, 0.25) is 5.91 Å². The Balaban J connectivity index is 1.33. The van der Waals surface area contributed by atoms with Crippen molar-refractivity contribution in [1.82, 2.24) is 9.80 Å². The zero-order valence-corrected chi connectivity index (χ0v) is 20.0. The maximum absolute atomic E-state index is 13.6. The lowest BCUT2D eigenvalue weighted by Gasteiger charge is -2.37. The molecule has 0 radical (unpaired) electrons. The van der Waals surface area contributed by atoms with E-state index in [-0.39, 0.29) is 30.4 Å². The summed E-state index contributed by atoms with van der Waals surface area (Å²) in [7, 11) is 1.60. The van der Waals surface area contributed by atoms with Crippen molar-refractivity contribution in [2.45, 2.75) is 31.3 Å². The lowest BCUT2D eigenvalue weighted by atomic mass is 10.0. The first-order valence-electron chi connectivity index (χ1n) is 11.6. The molecule has 0 spiro atoms. The first kappa shape index (κ1) is 22.5. The fourth-order valence-corrected chi connectivity index (χ4v) is 5.38. The zero-order valence-electron chi connectivity index (χ0n) is 19.2. The molecule has 0 saturated heterocycles. The topological polar surface area (TPSA) is 59.1 Å². The average Bonchev–Trinajstić information content (AvgIpc) is 3.61. The van der Waals surface area contributed by atoms with Gasteiger partial charge in [0.15, 0.2) is 0 Å². The van der Waals surface area contributed by atoms with Crippen LogP contribution in [0.4, 0.5) is 0 Å². The number of carbonyl (C=O) groups is 2. The molecule has 1 fully saturated rings. The Morgan fingerprint density at radius 1 is 1.03 bits per heavy atom. The van der Waals surface area contributed by atoms with Crippen LogP contribution >= 0.6 is 11.3 Å². The number of para-hydroxylation sites is 1. The molecule has 1 aliphatic heterocycles. The van der Waals surface area contributed by atoms with Gasteiger partial charge in [0.05, 0.1) is 13.2 Å². The summed E-state index contributed by atoms with van der Waals surface area (Å²) in [5.41, 5.74) is 1.73. The Bertz CT molecular complexity index is 1140. The average molecular weight is 477 g/mol. The number of thiophene rings is 1. The molecule has 176 valence electrons. The Kier molecular flexibility index (Phi) is 6.54. The molecule has 6 nitrogen and oxygen atoms in total. The molecule has 3 aromatic rings. The van der Waals surface area contributed by atoms with E-state index in [4.69, 9.17) is 9.47 Å². The van der Waals surface area contributed by atoms with E-state index in [0.717, 1.165) is 30.6 Å². The largest absolute Gasteiger partial charge is 0.497 e. The van der Waals surface area contributed by atoms with Gasteiger partial charge in [-0.1, -0.05) is 18.2 Å². The number of ether oxygens (including phenoxy) is 2. The van der Waals surface area contributed by atoms with Gasteiger partial charge in [-0.25, -0.2) is 0 Å². The van der Waals surface area contributed by atoms with Crippen LogP contribution in [0.15, 0.2) is 66.0 Å². The number of amides is 2. The first-order chi connectivity index (χ1) is 16.6. The summed E-state index contributed by atoms with van der Waals surface area (Å²) in [6.45, 7) is 1.09. The molecule has 5 rings (SSSR count). The third-order valence-electron chi connectivity index (χ3n) is 6.46. The van der Waals surface area contributed by atoms with Gasteiger partial charge in [-0.05, 0) is 72.7 Å². The second kappa shape index (κ2) is 9.89. The summed E-state index contributed by atoms with van der Waals surface area (Å²) in [5, 5.41) is 2.08. The maximum atomic E-state index is 13.6. The van der Waals surface area contributed by atoms with E-state index in [1.165, 1.54) is 4.88 Å². The Labute approximate surface area is 203 Å². The summed E-state index contributed by atoms with van der Waals surface area (Å²) in [6, 6.07) is 18.8. The lowest BCUT2D eigenvalue weighted by Crippen LogP contribution is -2.48. The monoisotopic (exact) mass is 476 g/mol. The van der Waals surface area contributed by atoms with Crippen LogP contribution < -0.4 is 9.47 Å². The van der Waals surface area contributed by atoms with Gasteiger partial charge in [-0.3, -0.25) is 9.59 Å². The predicted octanol–water partition coefficient (Wildman–Crippen LogP) is 4.57. The van der Waals surface area contributed by atoms with Crippen LogP contribution in [-0.2, 0) is 11.2 Å². The van der Waals surface area contributed by atoms with Gasteiger partial charge < -0.3 is 19.3 Å². The molecule has 34 heavy (non-hydrogen) atoms. The van der Waals surface area contributed by atoms with E-state index >= 15 is 0 Å². The van der Waals surface area contributed by atoms with Crippen molar-refractivity contribution in [1.29, 1.82) is 0 Å². The van der Waals surface area contributed by atoms with Gasteiger partial charge in [-0.2, -0.15) is 0 Å². The molecule has 7 heteroatoms. The number of nitrogens with zero attached hydrogens (tertiary/aromatic N) is 2. The SMILES string of the molecule is COc1ccc(C(=O)N(CC(=O)N2CCc3sccc3[C@H]2COc2ccccc2)C2CC2)cc1. The smallest absolute Gasteiger partial charge is 0.254 e. The van der Waals surface area contributed by atoms with E-state index in [1.807, 2.05) is 35.2 Å². The number of hydrogen-bond donors (Lipinski definition) is 0. The van der Waals surface area contributed by atoms with Gasteiger partial charge in [0, 0.05) is 23.0 Å². The third-order valence-corrected chi connectivity index (χ3v) is 7.45. The Morgan fingerprint density at radius 3 is 2.50 bits per heavy atom. The van der Waals surface area contributed by atoms with Crippen molar-refractivity contribution in [3.63, 3.8) is 0 Å². The van der Waals surface area contributed by atoms with E-state index < -0.39 is 0 Å². The molecule has 2 amide bonds. The third kappa shape index (κ3) is 4.80. The van der Waals surface area contributed by atoms with Crippen LogP contribution in [0.2, 0.25) is 0 Å². The number of benzene rings is 2. The normalized spacial score (nSPS) is 17.1. The van der Waals surface area contributed by atoms with Crippen molar-refractivity contribution in [3.8, 4) is 11.5 Å². The first-order valence-corrected chi connectivity index (χ1v) is 12.5. The molecule has 0 unspecified atom stereocenters. The highest BCUT2D eigenvalue weighted by Gasteiger charge is 2.38. The summed E-state index contributed by atoms with van der Waals surface area (Å²) in [6.07, 6.45) is 2.70. The summed E-state index contributed by atoms with van der Waals surface area (Å²) in [5.74, 6) is 1.34. The second-order valence-electron chi connectivity index (χ2n) is 8.67. The van der Waals surface area contributed by atoms with Crippen molar-refractivity contribution in [2.75, 3.05) is 26.8 Å². The standard InChI is InChI=1S/C27H28N2O4S/c1-32-21-11-7-19(8-12-21)27(31)29(20-9-10-20)17-26(30)28-15-13-25-23(14-16-34-25)24(28)18-33-22-5-3-2-4-6-22/h2-8,11-12,14,16,20,24H,9-10,13,15,17-18H2,1H3/t24-/m1/s1. The predicted molar refractivity (Wildman–Crippen MR) is 131 cm³/mol. The number of hydrogen-bond acceptors (Lipinski definition) is 5. The molecule has 2 aliphatic rings. The summed E-state index contributed by atoms with van der Waals surface area (Å²) < 4.78 is 11.3. The van der Waals surface area contributed by atoms with Crippen LogP contribution in [0.25, 0.3) is 0 Å². The molecule has 1 atom stereocenters. The molecule has 2 heterocycles. The van der Waals surface area contributed by atoms with Crippen LogP contribution in [0.3, 0.4) is 0 Å². The Hall–Kier alpha value is -3.32. The molecular formula is C27H28N2O4S. The van der Waals surface area contributed by atoms with Crippen molar-refractivity contribution < 1.29 is 19.1 Å². The molecule has 1 aliphatic carbocycles. The molecular weight excluding hydrogens is 448 g/mol. The second-order valence-corrected chi connectivity index (χ2v) is 9.67. The highest BCUT2D eigenvalue weighted by molar-refractivity contribution is 7.10. The van der Waals surface area contributed by atoms with Crippen LogP contribution in [0.5, 0.6) is 11.5 Å². The maximum Gasteiger partial charge on any atom is 0.254 e. The fourth-order valence-electron chi connectivity index (χ4n) is 4.46. The molecule has 0 bridgehead atoms. The molecule has 0 N–H and O–H groups in total. The minimum absolute atomic E-state index is 0.0349. The highest BCUT2D eigenvalue weighted by Crippen LogP contribution is 2.35. The number of carbonyl (C=O) groups excluding carboxylic acids is 2. The molecule has 1 saturated carbocycles. The number of fused-ring (bicyclic) bond motifs is 1. The quantitative estimate of drug-likeness (QED) is 0.478. The zero-order chi connectivity index (χ0) is 23.5. The van der Waals surface area contributed by atoms with E-state index in [0.29, 0.717) is 24.5 Å². The van der Waals surface area contributed by atoms with E-state index in [9.17, 15) is 9.59 Å². The highest BCUT2D eigenvalue weighted by atomic mass is 32.1. The number of methoxy groups -OCH3 is 1. The van der Waals surface area contributed by atoms with Gasteiger partial charge in [0.25, 0.3) is 5.91 Å².